The zero-order valence-corrected chi connectivity index (χ0v) is 11.8. The van der Waals surface area contributed by atoms with Gasteiger partial charge in [0.25, 0.3) is 0 Å². The molecule has 0 aliphatic heterocycles. The van der Waals surface area contributed by atoms with Crippen LogP contribution in [-0.2, 0) is 4.74 Å². The van der Waals surface area contributed by atoms with Crippen molar-refractivity contribution in [3.63, 3.8) is 0 Å². The number of tetrazole rings is 1. The van der Waals surface area contributed by atoms with Gasteiger partial charge < -0.3 is 10.1 Å². The molecular formula is C14H19N5O. The fraction of sp³-hybridized carbons (Fsp3) is 0.500. The highest BCUT2D eigenvalue weighted by Crippen LogP contribution is 2.28. The lowest BCUT2D eigenvalue weighted by atomic mass is 9.89. The molecule has 1 aliphatic carbocycles. The Morgan fingerprint density at radius 1 is 1.40 bits per heavy atom. The first-order valence-corrected chi connectivity index (χ1v) is 6.98. The van der Waals surface area contributed by atoms with Crippen molar-refractivity contribution < 1.29 is 4.74 Å². The van der Waals surface area contributed by atoms with E-state index in [4.69, 9.17) is 4.74 Å². The van der Waals surface area contributed by atoms with Crippen LogP contribution >= 0.6 is 0 Å². The second-order valence-electron chi connectivity index (χ2n) is 5.15. The van der Waals surface area contributed by atoms with Crippen molar-refractivity contribution in [3.05, 3.63) is 30.1 Å². The molecule has 1 fully saturated rings. The largest absolute Gasteiger partial charge is 0.382 e. The molecule has 106 valence electrons. The highest BCUT2D eigenvalue weighted by molar-refractivity contribution is 5.55. The molecule has 0 radical (unpaired) electrons. The van der Waals surface area contributed by atoms with E-state index in [-0.39, 0.29) is 0 Å². The van der Waals surface area contributed by atoms with Crippen molar-refractivity contribution in [3.8, 4) is 5.69 Å². The van der Waals surface area contributed by atoms with Gasteiger partial charge in [-0.3, -0.25) is 0 Å². The summed E-state index contributed by atoms with van der Waals surface area (Å²) in [6, 6.07) is 6.76. The Balaban J connectivity index is 1.68. The normalized spacial score (nSPS) is 21.5. The number of ether oxygens (including phenoxy) is 1. The van der Waals surface area contributed by atoms with E-state index in [9.17, 15) is 0 Å². The smallest absolute Gasteiger partial charge is 0.143 e. The third-order valence-electron chi connectivity index (χ3n) is 3.67. The van der Waals surface area contributed by atoms with E-state index in [2.05, 4.69) is 46.0 Å². The lowest BCUT2D eigenvalue weighted by Gasteiger charge is -2.36. The van der Waals surface area contributed by atoms with E-state index in [0.717, 1.165) is 36.4 Å². The van der Waals surface area contributed by atoms with Crippen LogP contribution in [0.5, 0.6) is 0 Å². The van der Waals surface area contributed by atoms with Crippen LogP contribution < -0.4 is 5.32 Å². The maximum atomic E-state index is 5.58. The third-order valence-corrected chi connectivity index (χ3v) is 3.67. The SMILES string of the molecule is CCOC1CC(Nc2ccc(C)c(-n3cnnn3)c2)C1. The number of nitrogens with zero attached hydrogens (tertiary/aromatic N) is 4. The number of hydrogen-bond acceptors (Lipinski definition) is 5. The molecule has 1 heterocycles. The summed E-state index contributed by atoms with van der Waals surface area (Å²) in [7, 11) is 0. The van der Waals surface area contributed by atoms with Gasteiger partial charge in [0.2, 0.25) is 0 Å². The van der Waals surface area contributed by atoms with Gasteiger partial charge in [-0.1, -0.05) is 6.07 Å². The van der Waals surface area contributed by atoms with Gasteiger partial charge in [0.05, 0.1) is 11.8 Å². The zero-order valence-electron chi connectivity index (χ0n) is 11.8. The Morgan fingerprint density at radius 2 is 2.25 bits per heavy atom. The van der Waals surface area contributed by atoms with Crippen LogP contribution in [0.25, 0.3) is 5.69 Å². The van der Waals surface area contributed by atoms with E-state index < -0.39 is 0 Å². The summed E-state index contributed by atoms with van der Waals surface area (Å²) in [5.74, 6) is 0. The van der Waals surface area contributed by atoms with Gasteiger partial charge in [0.1, 0.15) is 6.33 Å². The number of nitrogens with one attached hydrogen (secondary N) is 1. The number of hydrogen-bond donors (Lipinski definition) is 1. The zero-order chi connectivity index (χ0) is 13.9. The van der Waals surface area contributed by atoms with Crippen LogP contribution in [0.1, 0.15) is 25.3 Å². The first kappa shape index (κ1) is 13.1. The standard InChI is InChI=1S/C14H19N5O/c1-3-20-13-6-12(7-13)16-11-5-4-10(2)14(8-11)19-9-15-17-18-19/h4-5,8-9,12-13,16H,3,6-7H2,1-2H3. The summed E-state index contributed by atoms with van der Waals surface area (Å²) < 4.78 is 7.26. The maximum Gasteiger partial charge on any atom is 0.143 e. The predicted octanol–water partition coefficient (Wildman–Crippen LogP) is 1.95. The summed E-state index contributed by atoms with van der Waals surface area (Å²) in [4.78, 5) is 0. The van der Waals surface area contributed by atoms with Crippen LogP contribution in [0.3, 0.4) is 0 Å². The molecule has 0 spiro atoms. The fourth-order valence-corrected chi connectivity index (χ4v) is 2.51. The second-order valence-corrected chi connectivity index (χ2v) is 5.15. The summed E-state index contributed by atoms with van der Waals surface area (Å²) in [5, 5.41) is 14.8. The summed E-state index contributed by atoms with van der Waals surface area (Å²) in [6.45, 7) is 4.89. The topological polar surface area (TPSA) is 64.9 Å². The van der Waals surface area contributed by atoms with Crippen molar-refractivity contribution in [1.29, 1.82) is 0 Å². The molecule has 6 nitrogen and oxygen atoms in total. The van der Waals surface area contributed by atoms with Crippen LogP contribution in [0.15, 0.2) is 24.5 Å². The molecule has 0 unspecified atom stereocenters. The molecule has 0 saturated heterocycles. The minimum Gasteiger partial charge on any atom is -0.382 e. The Morgan fingerprint density at radius 3 is 2.95 bits per heavy atom. The molecule has 1 saturated carbocycles. The molecule has 0 atom stereocenters. The summed E-state index contributed by atoms with van der Waals surface area (Å²) in [5.41, 5.74) is 3.24. The molecule has 2 aromatic rings. The quantitative estimate of drug-likeness (QED) is 0.902. The Labute approximate surface area is 118 Å². The van der Waals surface area contributed by atoms with Crippen molar-refractivity contribution >= 4 is 5.69 Å². The highest BCUT2D eigenvalue weighted by atomic mass is 16.5. The van der Waals surface area contributed by atoms with Crippen LogP contribution in [0, 0.1) is 6.92 Å². The number of anilines is 1. The Bertz CT molecular complexity index is 563. The van der Waals surface area contributed by atoms with Crippen molar-refractivity contribution in [2.75, 3.05) is 11.9 Å². The van der Waals surface area contributed by atoms with Gasteiger partial charge in [0.15, 0.2) is 0 Å². The van der Waals surface area contributed by atoms with Gasteiger partial charge in [0, 0.05) is 18.3 Å². The Hall–Kier alpha value is -1.95. The summed E-state index contributed by atoms with van der Waals surface area (Å²) >= 11 is 0. The summed E-state index contributed by atoms with van der Waals surface area (Å²) in [6.07, 6.45) is 4.17. The van der Waals surface area contributed by atoms with Crippen molar-refractivity contribution in [2.45, 2.75) is 38.8 Å². The molecule has 20 heavy (non-hydrogen) atoms. The highest BCUT2D eigenvalue weighted by Gasteiger charge is 2.29. The van der Waals surface area contributed by atoms with Crippen LogP contribution in [0.4, 0.5) is 5.69 Å². The van der Waals surface area contributed by atoms with Gasteiger partial charge >= 0.3 is 0 Å². The molecule has 0 amide bonds. The third kappa shape index (κ3) is 2.65. The lowest BCUT2D eigenvalue weighted by Crippen LogP contribution is -2.40. The average Bonchev–Trinajstić information content (AvgIpc) is 2.92. The van der Waals surface area contributed by atoms with E-state index in [0.29, 0.717) is 12.1 Å². The molecule has 1 aromatic heterocycles. The second kappa shape index (κ2) is 5.58. The Kier molecular flexibility index (Phi) is 3.64. The molecule has 1 N–H and O–H groups in total. The first-order valence-electron chi connectivity index (χ1n) is 6.98. The van der Waals surface area contributed by atoms with Gasteiger partial charge in [-0.15, -0.1) is 5.10 Å². The van der Waals surface area contributed by atoms with Crippen molar-refractivity contribution in [1.82, 2.24) is 20.2 Å². The maximum absolute atomic E-state index is 5.58. The average molecular weight is 273 g/mol. The number of rotatable bonds is 5. The van der Waals surface area contributed by atoms with E-state index in [1.807, 2.05) is 6.92 Å². The molecule has 0 bridgehead atoms. The monoisotopic (exact) mass is 273 g/mol. The van der Waals surface area contributed by atoms with E-state index >= 15 is 0 Å². The molecule has 1 aromatic carbocycles. The molecule has 6 heteroatoms. The van der Waals surface area contributed by atoms with Gasteiger partial charge in [-0.2, -0.15) is 0 Å². The predicted molar refractivity (Wildman–Crippen MR) is 75.9 cm³/mol. The number of aromatic nitrogens is 4. The minimum absolute atomic E-state index is 0.418. The lowest BCUT2D eigenvalue weighted by molar-refractivity contribution is 0.00299. The fourth-order valence-electron chi connectivity index (χ4n) is 2.51. The molecule has 1 aliphatic rings. The first-order chi connectivity index (χ1) is 9.76. The van der Waals surface area contributed by atoms with Crippen molar-refractivity contribution in [2.24, 2.45) is 0 Å². The van der Waals surface area contributed by atoms with Crippen LogP contribution in [-0.4, -0.2) is 39.0 Å². The molecular weight excluding hydrogens is 254 g/mol. The number of benzene rings is 1. The minimum atomic E-state index is 0.418. The van der Waals surface area contributed by atoms with E-state index in [1.54, 1.807) is 11.0 Å². The molecule has 3 rings (SSSR count). The van der Waals surface area contributed by atoms with Gasteiger partial charge in [-0.25, -0.2) is 4.68 Å². The van der Waals surface area contributed by atoms with Gasteiger partial charge in [-0.05, 0) is 54.8 Å². The van der Waals surface area contributed by atoms with Crippen LogP contribution in [0.2, 0.25) is 0 Å². The van der Waals surface area contributed by atoms with E-state index in [1.165, 1.54) is 0 Å². The number of aryl methyl sites for hydroxylation is 1.